The van der Waals surface area contributed by atoms with Crippen molar-refractivity contribution >= 4 is 35.0 Å². The van der Waals surface area contributed by atoms with Gasteiger partial charge in [-0.2, -0.15) is 0 Å². The van der Waals surface area contributed by atoms with E-state index in [2.05, 4.69) is 0 Å². The van der Waals surface area contributed by atoms with E-state index in [1.807, 2.05) is 60.7 Å². The van der Waals surface area contributed by atoms with E-state index in [1.165, 1.54) is 48.5 Å². The maximum absolute atomic E-state index is 14.3. The number of nitrogens with zero attached hydrogens (tertiary/aromatic N) is 4. The summed E-state index contributed by atoms with van der Waals surface area (Å²) in [5, 5.41) is 3.54. The van der Waals surface area contributed by atoms with Crippen LogP contribution < -0.4 is 9.80 Å². The first-order valence-electron chi connectivity index (χ1n) is 14.3. The Morgan fingerprint density at radius 3 is 1.09 bits per heavy atom. The molecule has 4 fully saturated rings. The Labute approximate surface area is 250 Å². The lowest BCUT2D eigenvalue weighted by Gasteiger charge is -2.35. The molecular weight excluding hydrogens is 566 g/mol. The van der Waals surface area contributed by atoms with Crippen molar-refractivity contribution in [1.29, 1.82) is 0 Å². The van der Waals surface area contributed by atoms with Crippen LogP contribution >= 0.6 is 0 Å². The molecule has 4 aromatic carbocycles. The molecule has 218 valence electrons. The Kier molecular flexibility index (Phi) is 5.87. The molecule has 0 unspecified atom stereocenters. The minimum absolute atomic E-state index is 0.249. The molecule has 4 saturated heterocycles. The Bertz CT molecular complexity index is 1690. The van der Waals surface area contributed by atoms with Gasteiger partial charge in [0.05, 0.1) is 35.3 Å². The van der Waals surface area contributed by atoms with Gasteiger partial charge in [0.1, 0.15) is 23.7 Å². The topological polar surface area (TPSA) is 81.2 Å². The van der Waals surface area contributed by atoms with Gasteiger partial charge in [0.15, 0.2) is 0 Å². The van der Waals surface area contributed by atoms with Gasteiger partial charge in [-0.25, -0.2) is 28.6 Å². The third-order valence-corrected chi connectivity index (χ3v) is 9.18. The number of carbonyl (C=O) groups is 4. The van der Waals surface area contributed by atoms with Crippen molar-refractivity contribution in [2.75, 3.05) is 9.80 Å². The molecule has 0 spiro atoms. The van der Waals surface area contributed by atoms with Crippen molar-refractivity contribution < 1.29 is 28.0 Å². The molecule has 8 nitrogen and oxygen atoms in total. The first-order chi connectivity index (χ1) is 21.4. The molecule has 0 aromatic heterocycles. The van der Waals surface area contributed by atoms with Crippen LogP contribution in [0.25, 0.3) is 0 Å². The van der Waals surface area contributed by atoms with Crippen molar-refractivity contribution in [3.8, 4) is 0 Å². The minimum atomic E-state index is -1.02. The molecular formula is C34H24F2N4O4. The SMILES string of the molecule is O=C1[C@@H]2[C@@H](C(=O)N1c1ccc(F)cc1)N1[C@@H](c3ccccc3)[C@H]3C(=O)N(c4ccc(F)cc4)C(=O)[C@@H]3N1[C@H]2c1ccccc1. The fourth-order valence-corrected chi connectivity index (χ4v) is 7.49. The van der Waals surface area contributed by atoms with E-state index in [-0.39, 0.29) is 11.4 Å². The van der Waals surface area contributed by atoms with E-state index in [1.54, 1.807) is 10.0 Å². The highest BCUT2D eigenvalue weighted by atomic mass is 19.1. The third-order valence-electron chi connectivity index (χ3n) is 9.18. The summed E-state index contributed by atoms with van der Waals surface area (Å²) in [4.78, 5) is 59.3. The van der Waals surface area contributed by atoms with Gasteiger partial charge >= 0.3 is 0 Å². The van der Waals surface area contributed by atoms with Crippen LogP contribution in [-0.2, 0) is 19.2 Å². The molecule has 4 aliphatic rings. The molecule has 44 heavy (non-hydrogen) atoms. The summed E-state index contributed by atoms with van der Waals surface area (Å²) < 4.78 is 27.6. The third kappa shape index (κ3) is 3.61. The second kappa shape index (κ2) is 9.73. The number of imide groups is 2. The summed E-state index contributed by atoms with van der Waals surface area (Å²) in [6.45, 7) is 0. The summed E-state index contributed by atoms with van der Waals surface area (Å²) in [5.41, 5.74) is 1.92. The minimum Gasteiger partial charge on any atom is -0.274 e. The van der Waals surface area contributed by atoms with E-state index in [0.717, 1.165) is 9.80 Å². The number of rotatable bonds is 4. The Morgan fingerprint density at radius 2 is 0.750 bits per heavy atom. The van der Waals surface area contributed by atoms with Gasteiger partial charge in [-0.1, -0.05) is 60.7 Å². The van der Waals surface area contributed by atoms with Crippen molar-refractivity contribution in [2.45, 2.75) is 24.2 Å². The zero-order valence-electron chi connectivity index (χ0n) is 23.0. The number of hydrogen-bond acceptors (Lipinski definition) is 6. The zero-order chi connectivity index (χ0) is 30.3. The highest BCUT2D eigenvalue weighted by Crippen LogP contribution is 2.59. The molecule has 0 N–H and O–H groups in total. The van der Waals surface area contributed by atoms with Crippen LogP contribution in [0.3, 0.4) is 0 Å². The van der Waals surface area contributed by atoms with E-state index in [4.69, 9.17) is 0 Å². The van der Waals surface area contributed by atoms with Crippen LogP contribution in [0.4, 0.5) is 20.2 Å². The van der Waals surface area contributed by atoms with Gasteiger partial charge in [-0.15, -0.1) is 0 Å². The van der Waals surface area contributed by atoms with E-state index in [9.17, 15) is 28.0 Å². The monoisotopic (exact) mass is 590 g/mol. The largest absolute Gasteiger partial charge is 0.274 e. The second-order valence-corrected chi connectivity index (χ2v) is 11.4. The van der Waals surface area contributed by atoms with Gasteiger partial charge in [-0.05, 0) is 59.7 Å². The summed E-state index contributed by atoms with van der Waals surface area (Å²) in [5.74, 6) is -4.77. The fourth-order valence-electron chi connectivity index (χ4n) is 7.49. The predicted octanol–water partition coefficient (Wildman–Crippen LogP) is 4.41. The number of fused-ring (bicyclic) bond motifs is 5. The van der Waals surface area contributed by atoms with Crippen molar-refractivity contribution in [3.05, 3.63) is 132 Å². The van der Waals surface area contributed by atoms with Crippen LogP contribution in [0.1, 0.15) is 23.2 Å². The van der Waals surface area contributed by atoms with Gasteiger partial charge < -0.3 is 0 Å². The lowest BCUT2D eigenvalue weighted by molar-refractivity contribution is -0.136. The first-order valence-corrected chi connectivity index (χ1v) is 14.3. The zero-order valence-corrected chi connectivity index (χ0v) is 23.0. The molecule has 0 bridgehead atoms. The van der Waals surface area contributed by atoms with Gasteiger partial charge in [0.25, 0.3) is 11.8 Å². The average Bonchev–Trinajstić information content (AvgIpc) is 3.71. The Balaban J connectivity index is 1.32. The second-order valence-electron chi connectivity index (χ2n) is 11.4. The molecule has 0 radical (unpaired) electrons. The number of amides is 4. The molecule has 4 amide bonds. The summed E-state index contributed by atoms with van der Waals surface area (Å²) >= 11 is 0. The Hall–Kier alpha value is -5.06. The van der Waals surface area contributed by atoms with Crippen LogP contribution in [0, 0.1) is 23.5 Å². The molecule has 0 saturated carbocycles. The normalized spacial score (nSPS) is 28.1. The smallest absolute Gasteiger partial charge is 0.253 e. The molecule has 10 heteroatoms. The number of hydrogen-bond donors (Lipinski definition) is 0. The molecule has 4 heterocycles. The summed E-state index contributed by atoms with van der Waals surface area (Å²) in [6, 6.07) is 25.1. The molecule has 4 aromatic rings. The lowest BCUT2D eigenvalue weighted by atomic mass is 9.84. The predicted molar refractivity (Wildman–Crippen MR) is 154 cm³/mol. The van der Waals surface area contributed by atoms with Crippen LogP contribution in [0.5, 0.6) is 0 Å². The van der Waals surface area contributed by atoms with E-state index < -0.39 is 71.3 Å². The van der Waals surface area contributed by atoms with Gasteiger partial charge in [-0.3, -0.25) is 19.2 Å². The first kappa shape index (κ1) is 26.6. The highest BCUT2D eigenvalue weighted by molar-refractivity contribution is 6.26. The molecule has 4 aliphatic heterocycles. The van der Waals surface area contributed by atoms with Crippen LogP contribution in [0.2, 0.25) is 0 Å². The number of anilines is 2. The highest BCUT2D eigenvalue weighted by Gasteiger charge is 2.73. The summed E-state index contributed by atoms with van der Waals surface area (Å²) in [7, 11) is 0. The number of halogens is 2. The van der Waals surface area contributed by atoms with Crippen molar-refractivity contribution in [3.63, 3.8) is 0 Å². The maximum Gasteiger partial charge on any atom is 0.253 e. The van der Waals surface area contributed by atoms with Crippen LogP contribution in [-0.4, -0.2) is 45.7 Å². The van der Waals surface area contributed by atoms with Crippen LogP contribution in [0.15, 0.2) is 109 Å². The summed E-state index contributed by atoms with van der Waals surface area (Å²) in [6.07, 6.45) is 0. The maximum atomic E-state index is 14.3. The fraction of sp³-hybridized carbons (Fsp3) is 0.176. The number of benzene rings is 4. The van der Waals surface area contributed by atoms with Crippen molar-refractivity contribution in [1.82, 2.24) is 10.0 Å². The molecule has 8 rings (SSSR count). The van der Waals surface area contributed by atoms with E-state index in [0.29, 0.717) is 11.1 Å². The Morgan fingerprint density at radius 1 is 0.409 bits per heavy atom. The molecule has 6 atom stereocenters. The lowest BCUT2D eigenvalue weighted by Crippen LogP contribution is -2.50. The van der Waals surface area contributed by atoms with Gasteiger partial charge in [0, 0.05) is 0 Å². The average molecular weight is 591 g/mol. The standard InChI is InChI=1S/C34H24F2N4O4/c35-21-11-15-23(16-12-21)37-31(41)25-27(19-7-3-1-4-8-19)39-30-26(32(42)38(34(30)44)24-17-13-22(36)14-18-24)28(20-9-5-2-6-10-20)40(39)29(25)33(37)43/h1-18,25-30H/t25-,26+,27-,28-,29-,30+/m0/s1. The van der Waals surface area contributed by atoms with E-state index >= 15 is 0 Å². The quantitative estimate of drug-likeness (QED) is 0.328. The number of carbonyl (C=O) groups excluding carboxylic acids is 4. The molecule has 0 aliphatic carbocycles. The van der Waals surface area contributed by atoms with Gasteiger partial charge in [0.2, 0.25) is 11.8 Å². The van der Waals surface area contributed by atoms with Crippen molar-refractivity contribution in [2.24, 2.45) is 11.8 Å². The number of hydrazine groups is 1.